The minimum Gasteiger partial charge on any atom is -0.497 e. The van der Waals surface area contributed by atoms with Gasteiger partial charge in [0.2, 0.25) is 0 Å². The number of esters is 1. The molecule has 0 aliphatic heterocycles. The van der Waals surface area contributed by atoms with E-state index in [-0.39, 0.29) is 11.9 Å². The molecule has 1 unspecified atom stereocenters. The quantitative estimate of drug-likeness (QED) is 0.274. The first-order chi connectivity index (χ1) is 6.22. The third-order valence-corrected chi connectivity index (χ3v) is 1.50. The van der Waals surface area contributed by atoms with Crippen LogP contribution in [-0.2, 0) is 14.3 Å². The highest BCUT2D eigenvalue weighted by Crippen LogP contribution is 2.04. The molecule has 0 rings (SSSR count). The first kappa shape index (κ1) is 11.8. The maximum absolute atomic E-state index is 10.9. The zero-order valence-electron chi connectivity index (χ0n) is 8.16. The highest BCUT2D eigenvalue weighted by Gasteiger charge is 2.09. The van der Waals surface area contributed by atoms with Gasteiger partial charge in [0.25, 0.3) is 0 Å². The predicted molar refractivity (Wildman–Crippen MR) is 51.1 cm³/mol. The lowest BCUT2D eigenvalue weighted by molar-refractivity contribution is -0.144. The van der Waals surface area contributed by atoms with Crippen LogP contribution in [0.3, 0.4) is 0 Å². The number of hydrogen-bond donors (Lipinski definition) is 0. The lowest BCUT2D eigenvalue weighted by atomic mass is 10.1. The van der Waals surface area contributed by atoms with E-state index in [1.165, 1.54) is 7.11 Å². The lowest BCUT2D eigenvalue weighted by Crippen LogP contribution is -2.11. The van der Waals surface area contributed by atoms with Crippen molar-refractivity contribution in [2.75, 3.05) is 13.7 Å². The minimum absolute atomic E-state index is 0.117. The molecule has 3 nitrogen and oxygen atoms in total. The summed E-state index contributed by atoms with van der Waals surface area (Å²) < 4.78 is 9.56. The molecule has 0 aromatic rings. The Morgan fingerprint density at radius 2 is 2.31 bits per heavy atom. The van der Waals surface area contributed by atoms with Gasteiger partial charge in [0.1, 0.15) is 6.61 Å². The van der Waals surface area contributed by atoms with E-state index in [9.17, 15) is 4.79 Å². The van der Waals surface area contributed by atoms with E-state index in [0.717, 1.165) is 0 Å². The van der Waals surface area contributed by atoms with Gasteiger partial charge in [-0.1, -0.05) is 19.6 Å². The van der Waals surface area contributed by atoms with Crippen molar-refractivity contribution in [2.24, 2.45) is 5.92 Å². The SMILES string of the molecule is C=CCOC=CCC(C)C(=O)OC. The Balaban J connectivity index is 3.56. The normalized spacial score (nSPS) is 12.5. The summed E-state index contributed by atoms with van der Waals surface area (Å²) in [4.78, 5) is 10.9. The van der Waals surface area contributed by atoms with Crippen molar-refractivity contribution in [3.63, 3.8) is 0 Å². The van der Waals surface area contributed by atoms with E-state index in [1.807, 2.05) is 6.92 Å². The smallest absolute Gasteiger partial charge is 0.308 e. The topological polar surface area (TPSA) is 35.5 Å². The molecular formula is C10H16O3. The molecule has 0 aromatic carbocycles. The molecular weight excluding hydrogens is 168 g/mol. The molecule has 0 amide bonds. The molecule has 0 saturated carbocycles. The van der Waals surface area contributed by atoms with Gasteiger partial charge in [0.05, 0.1) is 19.3 Å². The van der Waals surface area contributed by atoms with E-state index in [4.69, 9.17) is 4.74 Å². The highest BCUT2D eigenvalue weighted by molar-refractivity contribution is 5.71. The average Bonchev–Trinajstić information content (AvgIpc) is 2.16. The van der Waals surface area contributed by atoms with Crippen molar-refractivity contribution in [1.82, 2.24) is 0 Å². The summed E-state index contributed by atoms with van der Waals surface area (Å²) in [6.45, 7) is 5.80. The summed E-state index contributed by atoms with van der Waals surface area (Å²) in [6.07, 6.45) is 5.66. The number of carbonyl (C=O) groups excluding carboxylic acids is 1. The maximum atomic E-state index is 10.9. The fraction of sp³-hybridized carbons (Fsp3) is 0.500. The Kier molecular flexibility index (Phi) is 6.69. The highest BCUT2D eigenvalue weighted by atomic mass is 16.5. The molecule has 0 aliphatic rings. The maximum Gasteiger partial charge on any atom is 0.308 e. The van der Waals surface area contributed by atoms with Crippen molar-refractivity contribution in [1.29, 1.82) is 0 Å². The van der Waals surface area contributed by atoms with Crippen LogP contribution in [0.15, 0.2) is 25.0 Å². The second kappa shape index (κ2) is 7.40. The molecule has 0 aliphatic carbocycles. The van der Waals surface area contributed by atoms with E-state index in [0.29, 0.717) is 13.0 Å². The summed E-state index contributed by atoms with van der Waals surface area (Å²) in [5.74, 6) is -0.318. The van der Waals surface area contributed by atoms with Gasteiger partial charge in [-0.15, -0.1) is 0 Å². The summed E-state index contributed by atoms with van der Waals surface area (Å²) >= 11 is 0. The summed E-state index contributed by atoms with van der Waals surface area (Å²) in [6, 6.07) is 0. The third kappa shape index (κ3) is 5.96. The molecule has 0 aromatic heterocycles. The molecule has 0 radical (unpaired) electrons. The largest absolute Gasteiger partial charge is 0.497 e. The minimum atomic E-state index is -0.201. The average molecular weight is 184 g/mol. The second-order valence-corrected chi connectivity index (χ2v) is 2.65. The van der Waals surface area contributed by atoms with Crippen LogP contribution in [0.4, 0.5) is 0 Å². The van der Waals surface area contributed by atoms with E-state index in [2.05, 4.69) is 11.3 Å². The molecule has 0 N–H and O–H groups in total. The second-order valence-electron chi connectivity index (χ2n) is 2.65. The van der Waals surface area contributed by atoms with E-state index < -0.39 is 0 Å². The van der Waals surface area contributed by atoms with Gasteiger partial charge in [-0.05, 0) is 12.5 Å². The summed E-state index contributed by atoms with van der Waals surface area (Å²) in [5, 5.41) is 0. The van der Waals surface area contributed by atoms with E-state index in [1.54, 1.807) is 18.4 Å². The molecule has 0 heterocycles. The van der Waals surface area contributed by atoms with Gasteiger partial charge in [0.15, 0.2) is 0 Å². The van der Waals surface area contributed by atoms with Crippen LogP contribution in [-0.4, -0.2) is 19.7 Å². The van der Waals surface area contributed by atoms with Gasteiger partial charge >= 0.3 is 5.97 Å². The number of methoxy groups -OCH3 is 1. The van der Waals surface area contributed by atoms with Crippen LogP contribution in [0.5, 0.6) is 0 Å². The Hall–Kier alpha value is -1.25. The molecule has 3 heteroatoms. The predicted octanol–water partition coefficient (Wildman–Crippen LogP) is 1.90. The van der Waals surface area contributed by atoms with Gasteiger partial charge in [-0.25, -0.2) is 0 Å². The molecule has 1 atom stereocenters. The standard InChI is InChI=1S/C10H16O3/c1-4-7-13-8-5-6-9(2)10(11)12-3/h4-5,8-9H,1,6-7H2,2-3H3. The number of ether oxygens (including phenoxy) is 2. The molecule has 0 spiro atoms. The molecule has 13 heavy (non-hydrogen) atoms. The van der Waals surface area contributed by atoms with Gasteiger partial charge in [-0.2, -0.15) is 0 Å². The monoisotopic (exact) mass is 184 g/mol. The number of rotatable bonds is 6. The van der Waals surface area contributed by atoms with Crippen molar-refractivity contribution in [3.05, 3.63) is 25.0 Å². The van der Waals surface area contributed by atoms with Crippen LogP contribution in [0.2, 0.25) is 0 Å². The van der Waals surface area contributed by atoms with Crippen molar-refractivity contribution >= 4 is 5.97 Å². The van der Waals surface area contributed by atoms with Gasteiger partial charge < -0.3 is 9.47 Å². The number of carbonyl (C=O) groups is 1. The van der Waals surface area contributed by atoms with Crippen LogP contribution < -0.4 is 0 Å². The molecule has 74 valence electrons. The van der Waals surface area contributed by atoms with Gasteiger partial charge in [0, 0.05) is 0 Å². The Labute approximate surface area is 79.0 Å². The molecule has 0 saturated heterocycles. The van der Waals surface area contributed by atoms with Crippen molar-refractivity contribution < 1.29 is 14.3 Å². The van der Waals surface area contributed by atoms with Crippen LogP contribution in [0.1, 0.15) is 13.3 Å². The van der Waals surface area contributed by atoms with Gasteiger partial charge in [-0.3, -0.25) is 4.79 Å². The van der Waals surface area contributed by atoms with Crippen molar-refractivity contribution in [2.45, 2.75) is 13.3 Å². The number of allylic oxidation sites excluding steroid dienone is 1. The summed E-state index contributed by atoms with van der Waals surface area (Å²) in [7, 11) is 1.39. The van der Waals surface area contributed by atoms with Crippen LogP contribution in [0, 0.1) is 5.92 Å². The Bertz CT molecular complexity index is 185. The lowest BCUT2D eigenvalue weighted by Gasteiger charge is -2.04. The fourth-order valence-electron chi connectivity index (χ4n) is 0.749. The zero-order chi connectivity index (χ0) is 10.1. The molecule has 0 bridgehead atoms. The molecule has 0 fully saturated rings. The summed E-state index contributed by atoms with van der Waals surface area (Å²) in [5.41, 5.74) is 0. The third-order valence-electron chi connectivity index (χ3n) is 1.50. The zero-order valence-corrected chi connectivity index (χ0v) is 8.16. The Morgan fingerprint density at radius 1 is 1.62 bits per heavy atom. The van der Waals surface area contributed by atoms with Crippen molar-refractivity contribution in [3.8, 4) is 0 Å². The van der Waals surface area contributed by atoms with Crippen LogP contribution >= 0.6 is 0 Å². The van der Waals surface area contributed by atoms with E-state index >= 15 is 0 Å². The Morgan fingerprint density at radius 3 is 2.85 bits per heavy atom. The fourth-order valence-corrected chi connectivity index (χ4v) is 0.749. The van der Waals surface area contributed by atoms with Crippen LogP contribution in [0.25, 0.3) is 0 Å². The number of hydrogen-bond acceptors (Lipinski definition) is 3. The first-order valence-corrected chi connectivity index (χ1v) is 4.17. The first-order valence-electron chi connectivity index (χ1n) is 4.17.